The van der Waals surface area contributed by atoms with Crippen molar-refractivity contribution in [2.75, 3.05) is 31.5 Å². The Labute approximate surface area is 196 Å². The SMILES string of the molecule is CCN(CC)CCCNC(=O)c1ccc2c(c1)nc(Nc1nc3ccc(Cl)cc3s1)n2C. The van der Waals surface area contributed by atoms with Crippen LogP contribution in [0.2, 0.25) is 5.02 Å². The van der Waals surface area contributed by atoms with Crippen LogP contribution in [0.5, 0.6) is 0 Å². The smallest absolute Gasteiger partial charge is 0.251 e. The fraction of sp³-hybridized carbons (Fsp3) is 0.348. The lowest BCUT2D eigenvalue weighted by molar-refractivity contribution is 0.0952. The van der Waals surface area contributed by atoms with Gasteiger partial charge in [0.25, 0.3) is 5.91 Å². The van der Waals surface area contributed by atoms with Gasteiger partial charge in [0.15, 0.2) is 5.13 Å². The molecule has 2 heterocycles. The zero-order valence-corrected chi connectivity index (χ0v) is 20.1. The highest BCUT2D eigenvalue weighted by Crippen LogP contribution is 2.31. The minimum Gasteiger partial charge on any atom is -0.352 e. The first-order chi connectivity index (χ1) is 15.5. The third-order valence-electron chi connectivity index (χ3n) is 5.54. The highest BCUT2D eigenvalue weighted by atomic mass is 35.5. The second kappa shape index (κ2) is 9.85. The van der Waals surface area contributed by atoms with Crippen molar-refractivity contribution in [3.05, 3.63) is 47.0 Å². The molecule has 168 valence electrons. The minimum atomic E-state index is -0.0744. The van der Waals surface area contributed by atoms with Gasteiger partial charge >= 0.3 is 0 Å². The van der Waals surface area contributed by atoms with Crippen LogP contribution in [0.25, 0.3) is 21.3 Å². The molecule has 1 amide bonds. The molecule has 2 N–H and O–H groups in total. The number of anilines is 2. The number of nitrogens with one attached hydrogen (secondary N) is 2. The second-order valence-electron chi connectivity index (χ2n) is 7.59. The van der Waals surface area contributed by atoms with Crippen LogP contribution in [-0.4, -0.2) is 51.5 Å². The second-order valence-corrected chi connectivity index (χ2v) is 9.06. The number of fused-ring (bicyclic) bond motifs is 2. The van der Waals surface area contributed by atoms with Gasteiger partial charge in [-0.3, -0.25) is 4.79 Å². The Hall–Kier alpha value is -2.68. The fourth-order valence-corrected chi connectivity index (χ4v) is 4.78. The van der Waals surface area contributed by atoms with E-state index in [0.717, 1.165) is 52.4 Å². The number of hydrogen-bond acceptors (Lipinski definition) is 6. The van der Waals surface area contributed by atoms with Crippen molar-refractivity contribution in [1.82, 2.24) is 24.8 Å². The van der Waals surface area contributed by atoms with Gasteiger partial charge in [-0.2, -0.15) is 0 Å². The minimum absolute atomic E-state index is 0.0744. The zero-order valence-electron chi connectivity index (χ0n) is 18.5. The van der Waals surface area contributed by atoms with E-state index in [4.69, 9.17) is 11.6 Å². The Bertz CT molecular complexity index is 1250. The molecule has 2 aromatic heterocycles. The molecule has 9 heteroatoms. The van der Waals surface area contributed by atoms with E-state index >= 15 is 0 Å². The molecule has 0 aliphatic heterocycles. The highest BCUT2D eigenvalue weighted by Gasteiger charge is 2.13. The number of carbonyl (C=O) groups excluding carboxylic acids is 1. The lowest BCUT2D eigenvalue weighted by atomic mass is 10.2. The highest BCUT2D eigenvalue weighted by molar-refractivity contribution is 7.22. The van der Waals surface area contributed by atoms with Gasteiger partial charge < -0.3 is 20.1 Å². The van der Waals surface area contributed by atoms with E-state index < -0.39 is 0 Å². The molecule has 32 heavy (non-hydrogen) atoms. The Morgan fingerprint density at radius 3 is 2.72 bits per heavy atom. The number of benzene rings is 2. The molecule has 0 radical (unpaired) electrons. The van der Waals surface area contributed by atoms with Gasteiger partial charge in [-0.25, -0.2) is 9.97 Å². The number of hydrogen-bond donors (Lipinski definition) is 2. The van der Waals surface area contributed by atoms with Crippen molar-refractivity contribution in [2.24, 2.45) is 7.05 Å². The summed E-state index contributed by atoms with van der Waals surface area (Å²) < 4.78 is 2.97. The molecule has 4 rings (SSSR count). The molecule has 0 spiro atoms. The van der Waals surface area contributed by atoms with Gasteiger partial charge in [-0.05, 0) is 62.5 Å². The number of thiazole rings is 1. The topological polar surface area (TPSA) is 75.1 Å². The first kappa shape index (κ1) is 22.5. The van der Waals surface area contributed by atoms with E-state index in [1.54, 1.807) is 0 Å². The molecule has 0 saturated heterocycles. The van der Waals surface area contributed by atoms with Crippen LogP contribution >= 0.6 is 22.9 Å². The molecule has 2 aromatic carbocycles. The maximum atomic E-state index is 12.6. The summed E-state index contributed by atoms with van der Waals surface area (Å²) in [7, 11) is 1.94. The molecule has 0 aliphatic rings. The quantitative estimate of drug-likeness (QED) is 0.335. The van der Waals surface area contributed by atoms with Crippen molar-refractivity contribution >= 4 is 61.2 Å². The summed E-state index contributed by atoms with van der Waals surface area (Å²) in [4.78, 5) is 24.2. The van der Waals surface area contributed by atoms with Crippen molar-refractivity contribution in [1.29, 1.82) is 0 Å². The summed E-state index contributed by atoms with van der Waals surface area (Å²) in [6, 6.07) is 11.2. The van der Waals surface area contributed by atoms with Gasteiger partial charge in [-0.1, -0.05) is 36.8 Å². The molecule has 0 saturated carbocycles. The molecule has 7 nitrogen and oxygen atoms in total. The van der Waals surface area contributed by atoms with Gasteiger partial charge in [0.2, 0.25) is 5.95 Å². The largest absolute Gasteiger partial charge is 0.352 e. The predicted molar refractivity (Wildman–Crippen MR) is 133 cm³/mol. The maximum absolute atomic E-state index is 12.6. The van der Waals surface area contributed by atoms with E-state index in [-0.39, 0.29) is 5.91 Å². The van der Waals surface area contributed by atoms with Crippen LogP contribution in [0.4, 0.5) is 11.1 Å². The fourth-order valence-electron chi connectivity index (χ4n) is 3.65. The number of carbonyl (C=O) groups is 1. The van der Waals surface area contributed by atoms with E-state index in [1.165, 1.54) is 11.3 Å². The average Bonchev–Trinajstić information content (AvgIpc) is 3.33. The summed E-state index contributed by atoms with van der Waals surface area (Å²) in [5.74, 6) is 0.594. The first-order valence-electron chi connectivity index (χ1n) is 10.8. The number of nitrogens with zero attached hydrogens (tertiary/aromatic N) is 4. The van der Waals surface area contributed by atoms with E-state index in [2.05, 4.69) is 39.3 Å². The number of aromatic nitrogens is 3. The van der Waals surface area contributed by atoms with E-state index in [0.29, 0.717) is 23.1 Å². The van der Waals surface area contributed by atoms with E-state index in [1.807, 2.05) is 48.0 Å². The van der Waals surface area contributed by atoms with E-state index in [9.17, 15) is 4.79 Å². The van der Waals surface area contributed by atoms with Crippen LogP contribution in [-0.2, 0) is 7.05 Å². The molecule has 0 bridgehead atoms. The van der Waals surface area contributed by atoms with Gasteiger partial charge in [-0.15, -0.1) is 0 Å². The number of amides is 1. The number of halogens is 1. The van der Waals surface area contributed by atoms with Gasteiger partial charge in [0.05, 0.1) is 21.3 Å². The van der Waals surface area contributed by atoms with Crippen LogP contribution < -0.4 is 10.6 Å². The molecule has 0 unspecified atom stereocenters. The number of aryl methyl sites for hydroxylation is 1. The molecule has 0 fully saturated rings. The van der Waals surface area contributed by atoms with Crippen molar-refractivity contribution in [2.45, 2.75) is 20.3 Å². The van der Waals surface area contributed by atoms with Gasteiger partial charge in [0.1, 0.15) is 0 Å². The van der Waals surface area contributed by atoms with Crippen molar-refractivity contribution < 1.29 is 4.79 Å². The Kier molecular flexibility index (Phi) is 6.93. The monoisotopic (exact) mass is 470 g/mol. The molecular weight excluding hydrogens is 444 g/mol. The predicted octanol–water partition coefficient (Wildman–Crippen LogP) is 5.04. The van der Waals surface area contributed by atoms with Crippen LogP contribution in [0.1, 0.15) is 30.6 Å². The standard InChI is InChI=1S/C23H27ClN6OS/c1-4-30(5-2)12-6-11-25-21(31)15-7-10-19-18(13-15)26-22(29(19)3)28-23-27-17-9-8-16(24)14-20(17)32-23/h7-10,13-14H,4-6,11-12H2,1-3H3,(H,25,31)(H,26,27,28). The van der Waals surface area contributed by atoms with Crippen LogP contribution in [0, 0.1) is 0 Å². The maximum Gasteiger partial charge on any atom is 0.251 e. The summed E-state index contributed by atoms with van der Waals surface area (Å²) in [6.45, 7) is 8.01. The first-order valence-corrected chi connectivity index (χ1v) is 12.0. The third-order valence-corrected chi connectivity index (χ3v) is 6.71. The van der Waals surface area contributed by atoms with Crippen molar-refractivity contribution in [3.63, 3.8) is 0 Å². The zero-order chi connectivity index (χ0) is 22.7. The Morgan fingerprint density at radius 2 is 1.94 bits per heavy atom. The number of imidazole rings is 1. The lowest BCUT2D eigenvalue weighted by Gasteiger charge is -2.17. The summed E-state index contributed by atoms with van der Waals surface area (Å²) in [5.41, 5.74) is 3.20. The normalized spacial score (nSPS) is 11.5. The lowest BCUT2D eigenvalue weighted by Crippen LogP contribution is -2.29. The third kappa shape index (κ3) is 4.87. The molecule has 4 aromatic rings. The van der Waals surface area contributed by atoms with Crippen molar-refractivity contribution in [3.8, 4) is 0 Å². The summed E-state index contributed by atoms with van der Waals surface area (Å²) >= 11 is 7.60. The summed E-state index contributed by atoms with van der Waals surface area (Å²) in [5, 5.41) is 7.74. The Morgan fingerprint density at radius 1 is 1.12 bits per heavy atom. The van der Waals surface area contributed by atoms with Crippen LogP contribution in [0.3, 0.4) is 0 Å². The number of rotatable bonds is 9. The molecule has 0 atom stereocenters. The Balaban J connectivity index is 1.45. The average molecular weight is 471 g/mol. The molecular formula is C23H27ClN6OS. The molecule has 0 aliphatic carbocycles. The van der Waals surface area contributed by atoms with Gasteiger partial charge in [0, 0.05) is 24.2 Å². The van der Waals surface area contributed by atoms with Crippen LogP contribution in [0.15, 0.2) is 36.4 Å². The summed E-state index contributed by atoms with van der Waals surface area (Å²) in [6.07, 6.45) is 0.931.